The van der Waals surface area contributed by atoms with Crippen LogP contribution in [0.2, 0.25) is 0 Å². The standard InChI is InChI=1S/C25H23N3O4/c1-16-13-28(14-17(2)30-16)25-22(12-26)27-24(32-25)23-10-9-21(31-23)15-29-20-8-7-18-5-3-4-6-19(18)11-20/h3-11,16-17H,13-15H2,1-2H3. The molecule has 0 radical (unpaired) electrons. The second kappa shape index (κ2) is 8.40. The van der Waals surface area contributed by atoms with Crippen LogP contribution in [0.5, 0.6) is 5.75 Å². The van der Waals surface area contributed by atoms with Crippen molar-refractivity contribution in [1.82, 2.24) is 4.98 Å². The lowest BCUT2D eigenvalue weighted by molar-refractivity contribution is -0.00639. The second-order valence-corrected chi connectivity index (χ2v) is 8.01. The number of ether oxygens (including phenoxy) is 2. The predicted molar refractivity (Wildman–Crippen MR) is 119 cm³/mol. The van der Waals surface area contributed by atoms with Crippen LogP contribution < -0.4 is 9.64 Å². The Labute approximate surface area is 185 Å². The molecule has 2 unspecified atom stereocenters. The number of hydrogen-bond acceptors (Lipinski definition) is 7. The zero-order chi connectivity index (χ0) is 22.1. The largest absolute Gasteiger partial charge is 0.486 e. The quantitative estimate of drug-likeness (QED) is 0.434. The van der Waals surface area contributed by atoms with E-state index in [9.17, 15) is 5.26 Å². The number of nitriles is 1. The topological polar surface area (TPSA) is 84.7 Å². The summed E-state index contributed by atoms with van der Waals surface area (Å²) in [6.07, 6.45) is 0.0858. The lowest BCUT2D eigenvalue weighted by atomic mass is 10.1. The van der Waals surface area contributed by atoms with Crippen molar-refractivity contribution in [2.24, 2.45) is 0 Å². The second-order valence-electron chi connectivity index (χ2n) is 8.01. The van der Waals surface area contributed by atoms with Crippen molar-refractivity contribution < 1.29 is 18.3 Å². The first-order valence-corrected chi connectivity index (χ1v) is 10.6. The molecule has 4 aromatic rings. The molecule has 7 heteroatoms. The first-order chi connectivity index (χ1) is 15.6. The normalized spacial score (nSPS) is 18.6. The number of furan rings is 1. The van der Waals surface area contributed by atoms with Gasteiger partial charge in [0.15, 0.2) is 5.76 Å². The molecule has 5 rings (SSSR count). The first kappa shape index (κ1) is 20.2. The number of anilines is 1. The van der Waals surface area contributed by atoms with Gasteiger partial charge in [-0.2, -0.15) is 10.2 Å². The third-order valence-electron chi connectivity index (χ3n) is 5.40. The predicted octanol–water partition coefficient (Wildman–Crippen LogP) is 5.15. The van der Waals surface area contributed by atoms with Crippen LogP contribution in [-0.4, -0.2) is 30.3 Å². The first-order valence-electron chi connectivity index (χ1n) is 10.6. The minimum absolute atomic E-state index is 0.0429. The van der Waals surface area contributed by atoms with Gasteiger partial charge >= 0.3 is 0 Å². The summed E-state index contributed by atoms with van der Waals surface area (Å²) in [5.41, 5.74) is 0.242. The average Bonchev–Trinajstić information content (AvgIpc) is 3.44. The van der Waals surface area contributed by atoms with Gasteiger partial charge in [-0.05, 0) is 48.9 Å². The van der Waals surface area contributed by atoms with Gasteiger partial charge in [0.25, 0.3) is 5.89 Å². The van der Waals surface area contributed by atoms with Gasteiger partial charge in [-0.25, -0.2) is 0 Å². The van der Waals surface area contributed by atoms with Gasteiger partial charge in [0.2, 0.25) is 11.6 Å². The van der Waals surface area contributed by atoms with Crippen LogP contribution in [0.4, 0.5) is 5.88 Å². The van der Waals surface area contributed by atoms with Crippen molar-refractivity contribution in [2.75, 3.05) is 18.0 Å². The summed E-state index contributed by atoms with van der Waals surface area (Å²) in [7, 11) is 0. The number of nitrogens with zero attached hydrogens (tertiary/aromatic N) is 3. The molecule has 0 bridgehead atoms. The molecule has 2 aromatic carbocycles. The highest BCUT2D eigenvalue weighted by atomic mass is 16.5. The van der Waals surface area contributed by atoms with E-state index in [-0.39, 0.29) is 30.4 Å². The summed E-state index contributed by atoms with van der Waals surface area (Å²) in [5, 5.41) is 11.8. The molecule has 1 aliphatic rings. The maximum Gasteiger partial charge on any atom is 0.266 e. The smallest absolute Gasteiger partial charge is 0.266 e. The van der Waals surface area contributed by atoms with Gasteiger partial charge in [-0.3, -0.25) is 0 Å². The van der Waals surface area contributed by atoms with Crippen molar-refractivity contribution in [3.63, 3.8) is 0 Å². The lowest BCUT2D eigenvalue weighted by Crippen LogP contribution is -2.45. The minimum atomic E-state index is 0.0429. The van der Waals surface area contributed by atoms with E-state index in [1.54, 1.807) is 6.07 Å². The molecule has 0 aliphatic carbocycles. The van der Waals surface area contributed by atoms with Crippen LogP contribution >= 0.6 is 0 Å². The molecular formula is C25H23N3O4. The fraction of sp³-hybridized carbons (Fsp3) is 0.280. The third kappa shape index (κ3) is 4.05. The number of benzene rings is 2. The summed E-state index contributed by atoms with van der Waals surface area (Å²) in [4.78, 5) is 6.35. The van der Waals surface area contributed by atoms with Crippen molar-refractivity contribution in [1.29, 1.82) is 5.26 Å². The summed E-state index contributed by atoms with van der Waals surface area (Å²) in [6, 6.07) is 19.8. The number of morpholine rings is 1. The van der Waals surface area contributed by atoms with Crippen LogP contribution in [0.1, 0.15) is 25.3 Å². The highest BCUT2D eigenvalue weighted by molar-refractivity contribution is 5.83. The molecule has 1 fully saturated rings. The number of oxazole rings is 1. The molecule has 0 amide bonds. The number of aromatic nitrogens is 1. The Kier molecular flexibility index (Phi) is 5.29. The van der Waals surface area contributed by atoms with E-state index in [1.165, 1.54) is 0 Å². The fourth-order valence-electron chi connectivity index (χ4n) is 4.03. The van der Waals surface area contributed by atoms with Crippen LogP contribution in [0.15, 0.2) is 63.4 Å². The summed E-state index contributed by atoms with van der Waals surface area (Å²) in [6.45, 7) is 5.55. The van der Waals surface area contributed by atoms with E-state index in [1.807, 2.05) is 55.1 Å². The zero-order valence-corrected chi connectivity index (χ0v) is 17.9. The fourth-order valence-corrected chi connectivity index (χ4v) is 4.03. The van der Waals surface area contributed by atoms with Gasteiger partial charge in [0.1, 0.15) is 24.2 Å². The van der Waals surface area contributed by atoms with Crippen molar-refractivity contribution in [2.45, 2.75) is 32.7 Å². The van der Waals surface area contributed by atoms with E-state index in [2.05, 4.69) is 23.2 Å². The Morgan fingerprint density at radius 2 is 1.81 bits per heavy atom. The van der Waals surface area contributed by atoms with Gasteiger partial charge in [-0.1, -0.05) is 30.3 Å². The minimum Gasteiger partial charge on any atom is -0.486 e. The Morgan fingerprint density at radius 3 is 2.59 bits per heavy atom. The molecule has 1 aliphatic heterocycles. The number of rotatable bonds is 5. The summed E-state index contributed by atoms with van der Waals surface area (Å²) >= 11 is 0. The molecule has 2 atom stereocenters. The summed E-state index contributed by atoms with van der Waals surface area (Å²) in [5.74, 6) is 2.59. The number of hydrogen-bond donors (Lipinski definition) is 0. The molecule has 0 spiro atoms. The maximum absolute atomic E-state index is 9.55. The van der Waals surface area contributed by atoms with Gasteiger partial charge in [0, 0.05) is 13.1 Å². The highest BCUT2D eigenvalue weighted by Gasteiger charge is 2.28. The van der Waals surface area contributed by atoms with Gasteiger partial charge in [-0.15, -0.1) is 0 Å². The molecule has 7 nitrogen and oxygen atoms in total. The molecule has 32 heavy (non-hydrogen) atoms. The van der Waals surface area contributed by atoms with Crippen LogP contribution in [0.25, 0.3) is 22.4 Å². The molecular weight excluding hydrogens is 406 g/mol. The van der Waals surface area contributed by atoms with Crippen LogP contribution in [0.3, 0.4) is 0 Å². The van der Waals surface area contributed by atoms with E-state index in [0.717, 1.165) is 16.5 Å². The third-order valence-corrected chi connectivity index (χ3v) is 5.40. The van der Waals surface area contributed by atoms with Crippen LogP contribution in [0, 0.1) is 11.3 Å². The zero-order valence-electron chi connectivity index (χ0n) is 17.9. The molecule has 1 saturated heterocycles. The van der Waals surface area contributed by atoms with Crippen molar-refractivity contribution in [3.8, 4) is 23.5 Å². The Balaban J connectivity index is 1.32. The van der Waals surface area contributed by atoms with E-state index in [0.29, 0.717) is 30.5 Å². The Bertz CT molecular complexity index is 1280. The van der Waals surface area contributed by atoms with Crippen molar-refractivity contribution >= 4 is 16.7 Å². The highest BCUT2D eigenvalue weighted by Crippen LogP contribution is 2.31. The van der Waals surface area contributed by atoms with E-state index in [4.69, 9.17) is 18.3 Å². The Hall–Kier alpha value is -3.76. The van der Waals surface area contributed by atoms with Crippen molar-refractivity contribution in [3.05, 3.63) is 66.1 Å². The summed E-state index contributed by atoms with van der Waals surface area (Å²) < 4.78 is 23.5. The SMILES string of the molecule is CC1CN(c2oc(-c3ccc(COc4ccc5ccccc5c4)o3)nc2C#N)CC(C)O1. The average molecular weight is 429 g/mol. The van der Waals surface area contributed by atoms with Gasteiger partial charge < -0.3 is 23.2 Å². The molecule has 2 aromatic heterocycles. The Morgan fingerprint density at radius 1 is 1.03 bits per heavy atom. The van der Waals surface area contributed by atoms with E-state index < -0.39 is 0 Å². The number of fused-ring (bicyclic) bond motifs is 1. The van der Waals surface area contributed by atoms with Crippen LogP contribution in [-0.2, 0) is 11.3 Å². The van der Waals surface area contributed by atoms with Gasteiger partial charge in [0.05, 0.1) is 12.2 Å². The maximum atomic E-state index is 9.55. The molecule has 162 valence electrons. The van der Waals surface area contributed by atoms with E-state index >= 15 is 0 Å². The molecule has 0 saturated carbocycles. The monoisotopic (exact) mass is 429 g/mol. The molecule has 3 heterocycles. The lowest BCUT2D eigenvalue weighted by Gasteiger charge is -2.34. The molecule has 0 N–H and O–H groups in total.